The number of para-hydroxylation sites is 1. The zero-order chi connectivity index (χ0) is 27.2. The maximum atomic E-state index is 12.9. The number of hydrogen-bond acceptors (Lipinski definition) is 7. The second-order valence-corrected chi connectivity index (χ2v) is 10.8. The summed E-state index contributed by atoms with van der Waals surface area (Å²) in [5, 5.41) is 18.5. The minimum atomic E-state index is -3.41. The van der Waals surface area contributed by atoms with Crippen molar-refractivity contribution in [3.8, 4) is 16.9 Å². The lowest BCUT2D eigenvalue weighted by Crippen LogP contribution is -2.16. The van der Waals surface area contributed by atoms with Crippen molar-refractivity contribution in [1.82, 2.24) is 9.78 Å². The third kappa shape index (κ3) is 4.41. The summed E-state index contributed by atoms with van der Waals surface area (Å²) in [6.45, 7) is 0. The maximum absolute atomic E-state index is 12.9. The number of rotatable bonds is 6. The van der Waals surface area contributed by atoms with Crippen LogP contribution in [0, 0.1) is 10.1 Å². The highest BCUT2D eigenvalue weighted by Gasteiger charge is 2.29. The summed E-state index contributed by atoms with van der Waals surface area (Å²) < 4.78 is 25.3. The van der Waals surface area contributed by atoms with Crippen LogP contribution in [-0.4, -0.2) is 41.2 Å². The molecule has 192 valence electrons. The van der Waals surface area contributed by atoms with E-state index >= 15 is 0 Å². The minimum absolute atomic E-state index is 0.0806. The van der Waals surface area contributed by atoms with Crippen LogP contribution >= 0.6 is 0 Å². The molecule has 0 radical (unpaired) electrons. The fourth-order valence-corrected chi connectivity index (χ4v) is 5.19. The van der Waals surface area contributed by atoms with E-state index in [0.717, 1.165) is 11.8 Å². The lowest BCUT2D eigenvalue weighted by molar-refractivity contribution is -0.385. The molecule has 1 aliphatic carbocycles. The number of nitrogens with zero attached hydrogens (tertiary/aromatic N) is 3. The summed E-state index contributed by atoms with van der Waals surface area (Å²) in [6, 6.07) is 17.0. The summed E-state index contributed by atoms with van der Waals surface area (Å²) in [6.07, 6.45) is 2.21. The Hall–Kier alpha value is -4.84. The molecule has 0 spiro atoms. The van der Waals surface area contributed by atoms with Gasteiger partial charge in [0.15, 0.2) is 15.5 Å². The molecule has 0 saturated heterocycles. The first-order chi connectivity index (χ1) is 18.0. The number of hydrogen-bond donors (Lipinski definition) is 2. The molecule has 2 amide bonds. The van der Waals surface area contributed by atoms with Gasteiger partial charge in [0.2, 0.25) is 0 Å². The molecular formula is C26H21N5O6S. The molecule has 1 aliphatic rings. The average molecular weight is 532 g/mol. The molecular weight excluding hydrogens is 510 g/mol. The number of nitrogens with one attached hydrogen (secondary N) is 1. The predicted molar refractivity (Wildman–Crippen MR) is 139 cm³/mol. The highest BCUT2D eigenvalue weighted by Crippen LogP contribution is 2.38. The first-order valence-electron chi connectivity index (χ1n) is 11.4. The Labute approximate surface area is 217 Å². The third-order valence-electron chi connectivity index (χ3n) is 6.34. The van der Waals surface area contributed by atoms with Crippen molar-refractivity contribution >= 4 is 33.0 Å². The first kappa shape index (κ1) is 24.8. The van der Waals surface area contributed by atoms with Gasteiger partial charge in [-0.2, -0.15) is 5.10 Å². The summed E-state index contributed by atoms with van der Waals surface area (Å²) in [5.74, 6) is -1.34. The van der Waals surface area contributed by atoms with E-state index in [1.54, 1.807) is 30.3 Å². The predicted octanol–water partition coefficient (Wildman–Crippen LogP) is 3.30. The van der Waals surface area contributed by atoms with Crippen molar-refractivity contribution in [3.05, 3.63) is 99.2 Å². The number of sulfone groups is 1. The number of aryl methyl sites for hydroxylation is 1. The van der Waals surface area contributed by atoms with Gasteiger partial charge in [0.1, 0.15) is 5.56 Å². The smallest absolute Gasteiger partial charge is 0.282 e. The van der Waals surface area contributed by atoms with E-state index in [-0.39, 0.29) is 21.8 Å². The van der Waals surface area contributed by atoms with Crippen molar-refractivity contribution in [1.29, 1.82) is 0 Å². The van der Waals surface area contributed by atoms with Gasteiger partial charge in [-0.3, -0.25) is 19.7 Å². The van der Waals surface area contributed by atoms with E-state index in [4.69, 9.17) is 5.73 Å². The van der Waals surface area contributed by atoms with Crippen molar-refractivity contribution in [2.45, 2.75) is 17.7 Å². The molecule has 0 unspecified atom stereocenters. The number of carbonyl (C=O) groups excluding carboxylic acids is 2. The number of benzene rings is 3. The summed E-state index contributed by atoms with van der Waals surface area (Å²) >= 11 is 0. The monoisotopic (exact) mass is 531 g/mol. The van der Waals surface area contributed by atoms with E-state index in [0.29, 0.717) is 41.0 Å². The highest BCUT2D eigenvalue weighted by molar-refractivity contribution is 7.90. The number of nitro groups is 1. The molecule has 4 aromatic rings. The lowest BCUT2D eigenvalue weighted by atomic mass is 9.88. The van der Waals surface area contributed by atoms with Gasteiger partial charge in [-0.1, -0.05) is 18.2 Å². The van der Waals surface area contributed by atoms with Crippen molar-refractivity contribution in [2.75, 3.05) is 11.6 Å². The molecule has 0 saturated carbocycles. The molecule has 0 aliphatic heterocycles. The maximum Gasteiger partial charge on any atom is 0.282 e. The van der Waals surface area contributed by atoms with Crippen LogP contribution in [0.3, 0.4) is 0 Å². The van der Waals surface area contributed by atoms with Gasteiger partial charge in [-0.05, 0) is 60.9 Å². The van der Waals surface area contributed by atoms with E-state index in [2.05, 4.69) is 10.4 Å². The Kier molecular flexibility index (Phi) is 6.03. The van der Waals surface area contributed by atoms with E-state index < -0.39 is 26.6 Å². The van der Waals surface area contributed by atoms with E-state index in [1.807, 2.05) is 6.07 Å². The fraction of sp³-hybridized carbons (Fsp3) is 0.115. The standard InChI is InChI=1S/C26H21N5O6S/c1-38(36,37)18-11-9-17(10-12-18)30-24-20(23(29-30)25(27)32)13-7-15-6-8-16(14-21(15)24)28-26(33)19-4-2-3-5-22(19)31(34)35/h2-6,8-12,14H,7,13H2,1H3,(H2,27,32)(H,28,33). The molecule has 1 heterocycles. The second kappa shape index (κ2) is 9.23. The average Bonchev–Trinajstić information content (AvgIpc) is 3.29. The van der Waals surface area contributed by atoms with E-state index in [9.17, 15) is 28.1 Å². The first-order valence-corrected chi connectivity index (χ1v) is 13.3. The van der Waals surface area contributed by atoms with Crippen LogP contribution in [0.25, 0.3) is 16.9 Å². The number of nitro benzene ring substituents is 1. The topological polar surface area (TPSA) is 167 Å². The minimum Gasteiger partial charge on any atom is -0.364 e. The normalized spacial score (nSPS) is 12.3. The molecule has 12 heteroatoms. The van der Waals surface area contributed by atoms with Crippen LogP contribution < -0.4 is 11.1 Å². The largest absolute Gasteiger partial charge is 0.364 e. The molecule has 38 heavy (non-hydrogen) atoms. The Morgan fingerprint density at radius 2 is 1.76 bits per heavy atom. The quantitative estimate of drug-likeness (QED) is 0.284. The van der Waals surface area contributed by atoms with Crippen LogP contribution in [0.2, 0.25) is 0 Å². The van der Waals surface area contributed by atoms with Gasteiger partial charge >= 0.3 is 0 Å². The van der Waals surface area contributed by atoms with Crippen LogP contribution in [0.1, 0.15) is 32.0 Å². The number of nitrogens with two attached hydrogens (primary N) is 1. The molecule has 1 aromatic heterocycles. The Bertz CT molecular complexity index is 1740. The molecule has 0 atom stereocenters. The molecule has 5 rings (SSSR count). The Morgan fingerprint density at radius 1 is 1.05 bits per heavy atom. The van der Waals surface area contributed by atoms with Gasteiger partial charge in [0.05, 0.1) is 21.2 Å². The van der Waals surface area contributed by atoms with Crippen LogP contribution in [0.4, 0.5) is 11.4 Å². The molecule has 3 N–H and O–H groups in total. The van der Waals surface area contributed by atoms with Crippen molar-refractivity contribution < 1.29 is 22.9 Å². The SMILES string of the molecule is CS(=O)(=O)c1ccc(-n2nc(C(N)=O)c3c2-c2cc(NC(=O)c4ccccc4[N+](=O)[O-])ccc2CC3)cc1. The Morgan fingerprint density at radius 3 is 2.42 bits per heavy atom. The number of carbonyl (C=O) groups is 2. The zero-order valence-corrected chi connectivity index (χ0v) is 20.9. The van der Waals surface area contributed by atoms with Gasteiger partial charge in [-0.15, -0.1) is 0 Å². The van der Waals surface area contributed by atoms with Crippen LogP contribution in [-0.2, 0) is 22.7 Å². The number of fused-ring (bicyclic) bond motifs is 3. The highest BCUT2D eigenvalue weighted by atomic mass is 32.2. The van der Waals surface area contributed by atoms with Crippen LogP contribution in [0.5, 0.6) is 0 Å². The second-order valence-electron chi connectivity index (χ2n) is 8.82. The van der Waals surface area contributed by atoms with Gasteiger partial charge in [0.25, 0.3) is 17.5 Å². The molecule has 0 fully saturated rings. The summed E-state index contributed by atoms with van der Waals surface area (Å²) in [4.78, 5) is 36.0. The Balaban J connectivity index is 1.60. The van der Waals surface area contributed by atoms with Gasteiger partial charge in [-0.25, -0.2) is 13.1 Å². The third-order valence-corrected chi connectivity index (χ3v) is 7.47. The number of anilines is 1. The van der Waals surface area contributed by atoms with Gasteiger partial charge < -0.3 is 11.1 Å². The van der Waals surface area contributed by atoms with E-state index in [1.165, 1.54) is 35.0 Å². The summed E-state index contributed by atoms with van der Waals surface area (Å²) in [7, 11) is -3.41. The van der Waals surface area contributed by atoms with Crippen molar-refractivity contribution in [2.24, 2.45) is 5.73 Å². The van der Waals surface area contributed by atoms with Crippen molar-refractivity contribution in [3.63, 3.8) is 0 Å². The summed E-state index contributed by atoms with van der Waals surface area (Å²) in [5.41, 5.74) is 9.10. The molecule has 0 bridgehead atoms. The van der Waals surface area contributed by atoms with Gasteiger partial charge in [0, 0.05) is 29.1 Å². The molecule has 3 aromatic carbocycles. The van der Waals surface area contributed by atoms with Crippen LogP contribution in [0.15, 0.2) is 71.6 Å². The fourth-order valence-electron chi connectivity index (χ4n) is 4.56. The number of aromatic nitrogens is 2. The number of amides is 2. The lowest BCUT2D eigenvalue weighted by Gasteiger charge is -2.20. The number of primary amides is 1. The zero-order valence-electron chi connectivity index (χ0n) is 20.0. The molecule has 11 nitrogen and oxygen atoms in total.